The Morgan fingerprint density at radius 1 is 0.697 bits per heavy atom. The zero-order chi connectivity index (χ0) is 24.1. The van der Waals surface area contributed by atoms with Gasteiger partial charge in [-0.1, -0.05) is 69.5 Å². The second-order valence-electron chi connectivity index (χ2n) is 8.28. The third kappa shape index (κ3) is 8.98. The molecule has 0 radical (unpaired) electrons. The van der Waals surface area contributed by atoms with Gasteiger partial charge in [-0.15, -0.1) is 0 Å². The number of unbranched alkanes of at least 4 members (excludes halogenated alkanes) is 1. The lowest BCUT2D eigenvalue weighted by Gasteiger charge is -2.28. The van der Waals surface area contributed by atoms with Crippen molar-refractivity contribution in [3.8, 4) is 0 Å². The highest BCUT2D eigenvalue weighted by atomic mass is 16.7. The molecule has 180 valence electrons. The predicted octanol–water partition coefficient (Wildman–Crippen LogP) is 5.14. The van der Waals surface area contributed by atoms with Gasteiger partial charge >= 0.3 is 11.9 Å². The summed E-state index contributed by atoms with van der Waals surface area (Å²) in [5, 5.41) is 21.4. The van der Waals surface area contributed by atoms with E-state index in [0.29, 0.717) is 24.0 Å². The lowest BCUT2D eigenvalue weighted by molar-refractivity contribution is -0.0919. The third-order valence-corrected chi connectivity index (χ3v) is 5.66. The van der Waals surface area contributed by atoms with E-state index in [4.69, 9.17) is 9.47 Å². The van der Waals surface area contributed by atoms with E-state index in [1.165, 1.54) is 0 Å². The minimum absolute atomic E-state index is 0.125. The van der Waals surface area contributed by atoms with Crippen LogP contribution in [0, 0.1) is 5.92 Å². The maximum atomic E-state index is 12.6. The Labute approximate surface area is 196 Å². The molecule has 2 rings (SSSR count). The zero-order valence-corrected chi connectivity index (χ0v) is 19.6. The van der Waals surface area contributed by atoms with Crippen LogP contribution in [-0.2, 0) is 9.47 Å². The van der Waals surface area contributed by atoms with E-state index < -0.39 is 30.4 Å². The summed E-state index contributed by atoms with van der Waals surface area (Å²) in [5.74, 6) is -1.49. The Morgan fingerprint density at radius 3 is 1.64 bits per heavy atom. The van der Waals surface area contributed by atoms with Crippen LogP contribution in [0.3, 0.4) is 0 Å². The van der Waals surface area contributed by atoms with Gasteiger partial charge in [0.15, 0.2) is 0 Å². The molecule has 0 fully saturated rings. The minimum Gasteiger partial charge on any atom is -0.422 e. The molecular weight excluding hydrogens is 420 g/mol. The number of carbonyl (C=O) groups is 2. The molecule has 2 aromatic rings. The predicted molar refractivity (Wildman–Crippen MR) is 127 cm³/mol. The summed E-state index contributed by atoms with van der Waals surface area (Å²) in [7, 11) is 0. The van der Waals surface area contributed by atoms with Gasteiger partial charge in [-0.05, 0) is 43.5 Å². The van der Waals surface area contributed by atoms with Crippen molar-refractivity contribution in [3.63, 3.8) is 0 Å². The molecule has 0 aliphatic carbocycles. The van der Waals surface area contributed by atoms with E-state index in [-0.39, 0.29) is 18.8 Å². The van der Waals surface area contributed by atoms with Gasteiger partial charge < -0.3 is 19.7 Å². The smallest absolute Gasteiger partial charge is 0.341 e. The van der Waals surface area contributed by atoms with Gasteiger partial charge in [-0.3, -0.25) is 0 Å². The van der Waals surface area contributed by atoms with Gasteiger partial charge in [-0.25, -0.2) is 9.59 Å². The first-order chi connectivity index (χ1) is 16.0. The van der Waals surface area contributed by atoms with Crippen LogP contribution >= 0.6 is 0 Å². The van der Waals surface area contributed by atoms with Crippen LogP contribution in [0.25, 0.3) is 0 Å². The van der Waals surface area contributed by atoms with Crippen molar-refractivity contribution >= 4 is 11.9 Å². The summed E-state index contributed by atoms with van der Waals surface area (Å²) in [6, 6.07) is 16.9. The molecule has 0 aromatic heterocycles. The fraction of sp³-hybridized carbons (Fsp3) is 0.481. The molecule has 0 aliphatic heterocycles. The molecule has 0 saturated carbocycles. The van der Waals surface area contributed by atoms with E-state index in [1.807, 2.05) is 6.92 Å². The number of ether oxygens (including phenoxy) is 2. The van der Waals surface area contributed by atoms with Gasteiger partial charge in [0.25, 0.3) is 0 Å². The van der Waals surface area contributed by atoms with Gasteiger partial charge in [0.1, 0.15) is 0 Å². The van der Waals surface area contributed by atoms with Crippen molar-refractivity contribution in [3.05, 3.63) is 71.8 Å². The molecule has 0 aliphatic rings. The molecule has 0 bridgehead atoms. The van der Waals surface area contributed by atoms with E-state index in [0.717, 1.165) is 19.3 Å². The number of carbonyl (C=O) groups excluding carboxylic acids is 2. The second-order valence-corrected chi connectivity index (χ2v) is 8.28. The quantitative estimate of drug-likeness (QED) is 0.302. The number of benzene rings is 2. The van der Waals surface area contributed by atoms with Gasteiger partial charge in [-0.2, -0.15) is 0 Å². The summed E-state index contributed by atoms with van der Waals surface area (Å²) < 4.78 is 11.0. The SMILES string of the molecule is CCCCC(C(O)CCC)C(O)CCC(OC(=O)c1ccccc1)OC(=O)c1ccccc1. The van der Waals surface area contributed by atoms with Crippen LogP contribution < -0.4 is 0 Å². The number of aliphatic hydroxyl groups excluding tert-OH is 2. The fourth-order valence-electron chi connectivity index (χ4n) is 3.78. The Kier molecular flexibility index (Phi) is 11.6. The molecule has 33 heavy (non-hydrogen) atoms. The summed E-state index contributed by atoms with van der Waals surface area (Å²) in [5.41, 5.74) is 0.691. The van der Waals surface area contributed by atoms with Gasteiger partial charge in [0.05, 0.1) is 23.3 Å². The molecule has 0 saturated heterocycles. The topological polar surface area (TPSA) is 93.1 Å². The lowest BCUT2D eigenvalue weighted by atomic mass is 9.86. The molecule has 3 atom stereocenters. The average Bonchev–Trinajstić information content (AvgIpc) is 2.84. The van der Waals surface area contributed by atoms with E-state index >= 15 is 0 Å². The number of rotatable bonds is 14. The van der Waals surface area contributed by atoms with Gasteiger partial charge in [0, 0.05) is 12.3 Å². The first kappa shape index (κ1) is 26.6. The van der Waals surface area contributed by atoms with Crippen molar-refractivity contribution in [2.75, 3.05) is 0 Å². The van der Waals surface area contributed by atoms with Crippen molar-refractivity contribution in [1.82, 2.24) is 0 Å². The molecule has 6 nitrogen and oxygen atoms in total. The molecule has 2 aromatic carbocycles. The zero-order valence-electron chi connectivity index (χ0n) is 19.6. The summed E-state index contributed by atoms with van der Waals surface area (Å²) >= 11 is 0. The van der Waals surface area contributed by atoms with Crippen molar-refractivity contribution < 1.29 is 29.3 Å². The Bertz CT molecular complexity index is 770. The largest absolute Gasteiger partial charge is 0.422 e. The number of aliphatic hydroxyl groups is 2. The highest BCUT2D eigenvalue weighted by Gasteiger charge is 2.28. The average molecular weight is 457 g/mol. The Morgan fingerprint density at radius 2 is 1.18 bits per heavy atom. The maximum Gasteiger partial charge on any atom is 0.341 e. The highest BCUT2D eigenvalue weighted by Crippen LogP contribution is 2.25. The number of esters is 2. The molecule has 2 N–H and O–H groups in total. The molecule has 0 amide bonds. The fourth-order valence-corrected chi connectivity index (χ4v) is 3.78. The van der Waals surface area contributed by atoms with E-state index in [1.54, 1.807) is 60.7 Å². The van der Waals surface area contributed by atoms with Crippen molar-refractivity contribution in [2.45, 2.75) is 77.3 Å². The number of hydrogen-bond acceptors (Lipinski definition) is 6. The summed E-state index contributed by atoms with van der Waals surface area (Å²) in [6.45, 7) is 4.06. The summed E-state index contributed by atoms with van der Waals surface area (Å²) in [4.78, 5) is 25.1. The Balaban J connectivity index is 2.09. The molecule has 0 heterocycles. The standard InChI is InChI=1S/C27H36O6/c1-3-5-17-22(23(28)12-4-2)24(29)18-19-25(32-26(30)20-13-8-6-9-14-20)33-27(31)21-15-10-7-11-16-21/h6-11,13-16,22-25,28-29H,3-5,12,17-19H2,1-2H3. The van der Waals surface area contributed by atoms with E-state index in [2.05, 4.69) is 6.92 Å². The minimum atomic E-state index is -1.16. The Hall–Kier alpha value is -2.70. The van der Waals surface area contributed by atoms with Gasteiger partial charge in [0.2, 0.25) is 6.29 Å². The van der Waals surface area contributed by atoms with Crippen molar-refractivity contribution in [2.24, 2.45) is 5.92 Å². The van der Waals surface area contributed by atoms with Crippen LogP contribution in [0.2, 0.25) is 0 Å². The van der Waals surface area contributed by atoms with Crippen LogP contribution in [0.1, 0.15) is 79.5 Å². The first-order valence-corrected chi connectivity index (χ1v) is 11.8. The van der Waals surface area contributed by atoms with Crippen LogP contribution in [0.15, 0.2) is 60.7 Å². The highest BCUT2D eigenvalue weighted by molar-refractivity contribution is 5.90. The monoisotopic (exact) mass is 456 g/mol. The molecule has 0 spiro atoms. The lowest BCUT2D eigenvalue weighted by Crippen LogP contribution is -2.34. The third-order valence-electron chi connectivity index (χ3n) is 5.66. The molecule has 3 unspecified atom stereocenters. The van der Waals surface area contributed by atoms with E-state index in [9.17, 15) is 19.8 Å². The second kappa shape index (κ2) is 14.4. The van der Waals surface area contributed by atoms with Crippen LogP contribution in [-0.4, -0.2) is 40.6 Å². The van der Waals surface area contributed by atoms with Crippen molar-refractivity contribution in [1.29, 1.82) is 0 Å². The normalized spacial score (nSPS) is 13.8. The van der Waals surface area contributed by atoms with Crippen LogP contribution in [0.4, 0.5) is 0 Å². The first-order valence-electron chi connectivity index (χ1n) is 11.8. The van der Waals surface area contributed by atoms with Crippen LogP contribution in [0.5, 0.6) is 0 Å². The number of hydrogen-bond donors (Lipinski definition) is 2. The summed E-state index contributed by atoms with van der Waals surface area (Å²) in [6.07, 6.45) is 1.80. The maximum absolute atomic E-state index is 12.6. The molecule has 6 heteroatoms. The molecular formula is C27H36O6.